The van der Waals surface area contributed by atoms with Crippen LogP contribution in [0.1, 0.15) is 0 Å². The topological polar surface area (TPSA) is 23.6 Å². The minimum absolute atomic E-state index is 0.0704. The van der Waals surface area contributed by atoms with Crippen LogP contribution in [-0.4, -0.2) is 33.6 Å². The van der Waals surface area contributed by atoms with Gasteiger partial charge in [0.25, 0.3) is 5.91 Å². The van der Waals surface area contributed by atoms with Gasteiger partial charge in [-0.3, -0.25) is 9.69 Å². The van der Waals surface area contributed by atoms with Crippen molar-refractivity contribution < 1.29 is 4.79 Å². The molecule has 2 aliphatic heterocycles. The van der Waals surface area contributed by atoms with Crippen molar-refractivity contribution in [3.63, 3.8) is 0 Å². The van der Waals surface area contributed by atoms with Crippen molar-refractivity contribution in [3.8, 4) is 0 Å². The number of anilines is 1. The molecule has 0 spiro atoms. The Kier molecular flexibility index (Phi) is 2.72. The van der Waals surface area contributed by atoms with E-state index in [1.807, 2.05) is 35.2 Å². The fourth-order valence-electron chi connectivity index (χ4n) is 2.76. The predicted molar refractivity (Wildman–Crippen MR) is 87.0 cm³/mol. The molecule has 100 valence electrons. The van der Waals surface area contributed by atoms with E-state index in [1.54, 1.807) is 16.7 Å². The average Bonchev–Trinajstić information content (AvgIpc) is 3.04. The van der Waals surface area contributed by atoms with Crippen LogP contribution in [0.5, 0.6) is 0 Å². The van der Waals surface area contributed by atoms with Crippen LogP contribution in [0.2, 0.25) is 0 Å². The highest BCUT2D eigenvalue weighted by Gasteiger charge is 2.45. The van der Waals surface area contributed by atoms with Gasteiger partial charge in [-0.1, -0.05) is 30.3 Å². The van der Waals surface area contributed by atoms with E-state index in [1.165, 1.54) is 5.39 Å². The monoisotopic (exact) mass is 300 g/mol. The van der Waals surface area contributed by atoms with Gasteiger partial charge in [0, 0.05) is 5.75 Å². The smallest absolute Gasteiger partial charge is 0.256 e. The molecule has 1 atom stereocenters. The van der Waals surface area contributed by atoms with E-state index in [4.69, 9.17) is 12.2 Å². The number of thioether (sulfide) groups is 1. The van der Waals surface area contributed by atoms with Crippen LogP contribution >= 0.6 is 24.0 Å². The summed E-state index contributed by atoms with van der Waals surface area (Å²) < 4.78 is 0. The molecule has 1 amide bonds. The third-order valence-corrected chi connectivity index (χ3v) is 5.25. The molecule has 1 unspecified atom stereocenters. The van der Waals surface area contributed by atoms with Crippen LogP contribution in [0.15, 0.2) is 42.5 Å². The maximum atomic E-state index is 12.5. The summed E-state index contributed by atoms with van der Waals surface area (Å²) in [5.41, 5.74) is 0.873. The molecule has 0 aromatic heterocycles. The number of amides is 1. The molecule has 0 radical (unpaired) electrons. The van der Waals surface area contributed by atoms with Gasteiger partial charge in [0.2, 0.25) is 0 Å². The number of fused-ring (bicyclic) bond motifs is 2. The highest BCUT2D eigenvalue weighted by atomic mass is 32.2. The van der Waals surface area contributed by atoms with Gasteiger partial charge in [0.15, 0.2) is 5.11 Å². The summed E-state index contributed by atoms with van der Waals surface area (Å²) in [6, 6.07) is 14.1. The molecule has 5 heteroatoms. The molecule has 3 nitrogen and oxygen atoms in total. The number of rotatable bonds is 1. The first kappa shape index (κ1) is 12.2. The van der Waals surface area contributed by atoms with Crippen molar-refractivity contribution in [2.75, 3.05) is 16.5 Å². The number of nitrogens with zero attached hydrogens (tertiary/aromatic N) is 2. The Bertz CT molecular complexity index is 709. The number of hydrogen-bond donors (Lipinski definition) is 0. The van der Waals surface area contributed by atoms with E-state index >= 15 is 0 Å². The predicted octanol–water partition coefficient (Wildman–Crippen LogP) is 2.85. The number of carbonyl (C=O) groups is 1. The fraction of sp³-hybridized carbons (Fsp3) is 0.200. The summed E-state index contributed by atoms with van der Waals surface area (Å²) in [5.74, 6) is 1.76. The van der Waals surface area contributed by atoms with Gasteiger partial charge in [0.05, 0.1) is 11.6 Å². The Balaban J connectivity index is 1.79. The first-order valence-electron chi connectivity index (χ1n) is 6.47. The molecule has 4 rings (SSSR count). The average molecular weight is 300 g/mol. The lowest BCUT2D eigenvalue weighted by Crippen LogP contribution is -2.32. The van der Waals surface area contributed by atoms with Gasteiger partial charge in [-0.25, -0.2) is 0 Å². The minimum atomic E-state index is -0.0704. The largest absolute Gasteiger partial charge is 0.326 e. The second-order valence-electron chi connectivity index (χ2n) is 4.97. The molecule has 0 bridgehead atoms. The van der Waals surface area contributed by atoms with Gasteiger partial charge in [0.1, 0.15) is 6.04 Å². The van der Waals surface area contributed by atoms with Crippen LogP contribution in [0.25, 0.3) is 10.8 Å². The Morgan fingerprint density at radius 3 is 2.75 bits per heavy atom. The third kappa shape index (κ3) is 1.66. The summed E-state index contributed by atoms with van der Waals surface area (Å²) >= 11 is 7.24. The summed E-state index contributed by atoms with van der Waals surface area (Å²) in [4.78, 5) is 16.2. The van der Waals surface area contributed by atoms with Crippen LogP contribution in [0, 0.1) is 0 Å². The first-order valence-corrected chi connectivity index (χ1v) is 8.03. The van der Waals surface area contributed by atoms with Crippen LogP contribution in [0.3, 0.4) is 0 Å². The molecule has 20 heavy (non-hydrogen) atoms. The van der Waals surface area contributed by atoms with E-state index < -0.39 is 0 Å². The first-order chi connectivity index (χ1) is 9.75. The van der Waals surface area contributed by atoms with Gasteiger partial charge in [-0.2, -0.15) is 0 Å². The zero-order chi connectivity index (χ0) is 13.7. The number of benzene rings is 2. The lowest BCUT2D eigenvalue weighted by atomic mass is 10.1. The minimum Gasteiger partial charge on any atom is -0.326 e. The summed E-state index contributed by atoms with van der Waals surface area (Å²) in [7, 11) is 0. The second-order valence-corrected chi connectivity index (χ2v) is 6.34. The van der Waals surface area contributed by atoms with Gasteiger partial charge in [-0.15, -0.1) is 11.8 Å². The Morgan fingerprint density at radius 2 is 1.95 bits per heavy atom. The molecular formula is C15H12N2OS2. The quantitative estimate of drug-likeness (QED) is 0.756. The van der Waals surface area contributed by atoms with E-state index in [0.29, 0.717) is 5.11 Å². The van der Waals surface area contributed by atoms with E-state index in [2.05, 4.69) is 12.1 Å². The van der Waals surface area contributed by atoms with Crippen molar-refractivity contribution in [2.45, 2.75) is 6.04 Å². The maximum Gasteiger partial charge on any atom is 0.256 e. The SMILES string of the molecule is O=C1C2CSCN2C(=S)N1c1ccc2ccccc2c1. The van der Waals surface area contributed by atoms with Gasteiger partial charge < -0.3 is 4.90 Å². The standard InChI is InChI=1S/C15H12N2OS2/c18-14-13-8-20-9-16(13)15(19)17(14)12-6-5-10-3-1-2-4-11(10)7-12/h1-7,13H,8-9H2. The van der Waals surface area contributed by atoms with Gasteiger partial charge in [-0.05, 0) is 35.1 Å². The Hall–Kier alpha value is -1.59. The molecule has 0 N–H and O–H groups in total. The Labute approximate surface area is 126 Å². The van der Waals surface area contributed by atoms with Crippen LogP contribution < -0.4 is 4.90 Å². The van der Waals surface area contributed by atoms with Crippen molar-refractivity contribution in [1.82, 2.24) is 4.90 Å². The highest BCUT2D eigenvalue weighted by molar-refractivity contribution is 7.99. The fourth-order valence-corrected chi connectivity index (χ4v) is 4.38. The molecule has 2 aromatic carbocycles. The van der Waals surface area contributed by atoms with E-state index in [0.717, 1.165) is 22.7 Å². The second kappa shape index (κ2) is 4.46. The van der Waals surface area contributed by atoms with E-state index in [-0.39, 0.29) is 11.9 Å². The third-order valence-electron chi connectivity index (χ3n) is 3.82. The van der Waals surface area contributed by atoms with Crippen molar-refractivity contribution in [2.24, 2.45) is 0 Å². The maximum absolute atomic E-state index is 12.5. The lowest BCUT2D eigenvalue weighted by Gasteiger charge is -2.18. The molecule has 2 aliphatic rings. The van der Waals surface area contributed by atoms with Crippen molar-refractivity contribution in [3.05, 3.63) is 42.5 Å². The molecule has 2 aromatic rings. The Morgan fingerprint density at radius 1 is 1.15 bits per heavy atom. The molecule has 0 saturated carbocycles. The van der Waals surface area contributed by atoms with E-state index in [9.17, 15) is 4.79 Å². The van der Waals surface area contributed by atoms with Crippen LogP contribution in [-0.2, 0) is 4.79 Å². The van der Waals surface area contributed by atoms with Gasteiger partial charge >= 0.3 is 0 Å². The van der Waals surface area contributed by atoms with Crippen molar-refractivity contribution >= 4 is 51.5 Å². The molecular weight excluding hydrogens is 288 g/mol. The summed E-state index contributed by atoms with van der Waals surface area (Å²) in [6.45, 7) is 0. The molecule has 2 heterocycles. The zero-order valence-electron chi connectivity index (χ0n) is 10.7. The summed E-state index contributed by atoms with van der Waals surface area (Å²) in [6.07, 6.45) is 0. The number of carbonyl (C=O) groups excluding carboxylic acids is 1. The molecule has 2 fully saturated rings. The number of thiocarbonyl (C=S) groups is 1. The highest BCUT2D eigenvalue weighted by Crippen LogP contribution is 2.33. The zero-order valence-corrected chi connectivity index (χ0v) is 12.3. The molecule has 0 aliphatic carbocycles. The normalized spacial score (nSPS) is 21.9. The summed E-state index contributed by atoms with van der Waals surface area (Å²) in [5, 5.41) is 2.94. The lowest BCUT2D eigenvalue weighted by molar-refractivity contribution is -0.118. The number of hydrogen-bond acceptors (Lipinski definition) is 3. The van der Waals surface area contributed by atoms with Crippen LogP contribution in [0.4, 0.5) is 5.69 Å². The molecule has 2 saturated heterocycles. The van der Waals surface area contributed by atoms with Crippen molar-refractivity contribution in [1.29, 1.82) is 0 Å².